The molecule has 16 heteroatoms. The van der Waals surface area contributed by atoms with Crippen LogP contribution >= 0.6 is 23.1 Å². The van der Waals surface area contributed by atoms with E-state index in [-0.39, 0.29) is 34.6 Å². The van der Waals surface area contributed by atoms with Crippen molar-refractivity contribution in [3.05, 3.63) is 94.1 Å². The van der Waals surface area contributed by atoms with E-state index in [9.17, 15) is 24.3 Å². The summed E-state index contributed by atoms with van der Waals surface area (Å²) in [7, 11) is 1.25. The maximum Gasteiger partial charge on any atom is 0.352 e. The van der Waals surface area contributed by atoms with Gasteiger partial charge in [0.05, 0.1) is 0 Å². The number of aromatic nitrogens is 1. The number of thiazole rings is 1. The van der Waals surface area contributed by atoms with Crippen LogP contribution in [0.4, 0.5) is 5.13 Å². The number of β-lactam (4-membered cyclic amide) rings is 1. The summed E-state index contributed by atoms with van der Waals surface area (Å²) in [5.41, 5.74) is 8.33. The number of esters is 1. The number of carbonyl (C=O) groups excluding carboxylic acids is 3. The van der Waals surface area contributed by atoms with Gasteiger partial charge in [-0.1, -0.05) is 65.8 Å². The van der Waals surface area contributed by atoms with Gasteiger partial charge in [0.1, 0.15) is 36.5 Å². The van der Waals surface area contributed by atoms with Crippen molar-refractivity contribution in [2.45, 2.75) is 31.4 Å². The largest absolute Gasteiger partial charge is 0.477 e. The Bertz CT molecular complexity index is 1590. The molecule has 0 unspecified atom stereocenters. The molecule has 5 rings (SSSR count). The lowest BCUT2D eigenvalue weighted by atomic mass is 10.0. The summed E-state index contributed by atoms with van der Waals surface area (Å²) in [4.78, 5) is 57.8. The predicted molar refractivity (Wildman–Crippen MR) is 183 cm³/mol. The van der Waals surface area contributed by atoms with Gasteiger partial charge < -0.3 is 36.4 Å². The molecule has 2 amide bonds. The number of rotatable bonds is 14. The fourth-order valence-corrected chi connectivity index (χ4v) is 6.59. The monoisotopic (exact) mass is 695 g/mol. The number of fused-ring (bicyclic) bond motifs is 1. The zero-order valence-corrected chi connectivity index (χ0v) is 28.0. The quantitative estimate of drug-likeness (QED) is 0.0541. The Kier molecular flexibility index (Phi) is 13.5. The lowest BCUT2D eigenvalue weighted by Crippen LogP contribution is -2.71. The Morgan fingerprint density at radius 2 is 1.65 bits per heavy atom. The van der Waals surface area contributed by atoms with E-state index in [0.717, 1.165) is 42.4 Å². The highest BCUT2D eigenvalue weighted by Crippen LogP contribution is 2.40. The fourth-order valence-electron chi connectivity index (χ4n) is 4.72. The number of aliphatic carboxylic acids is 1. The van der Waals surface area contributed by atoms with Gasteiger partial charge in [-0.05, 0) is 11.1 Å². The number of amides is 2. The lowest BCUT2D eigenvalue weighted by Gasteiger charge is -2.49. The van der Waals surface area contributed by atoms with Gasteiger partial charge in [-0.25, -0.2) is 9.78 Å². The van der Waals surface area contributed by atoms with Crippen LogP contribution in [0, 0.1) is 0 Å². The molecule has 6 N–H and O–H groups in total. The number of carboxylic acid groups (broad SMARTS) is 1. The van der Waals surface area contributed by atoms with Crippen LogP contribution in [0.5, 0.6) is 0 Å². The summed E-state index contributed by atoms with van der Waals surface area (Å²) >= 11 is 2.35. The van der Waals surface area contributed by atoms with Crippen molar-refractivity contribution in [1.82, 2.24) is 25.8 Å². The number of carbonyl (C=O) groups is 4. The van der Waals surface area contributed by atoms with E-state index in [1.807, 2.05) is 12.1 Å². The van der Waals surface area contributed by atoms with Gasteiger partial charge in [0, 0.05) is 49.8 Å². The number of carboxylic acids is 1. The van der Waals surface area contributed by atoms with Gasteiger partial charge >= 0.3 is 11.9 Å². The molecule has 2 atom stereocenters. The molecule has 1 fully saturated rings. The number of anilines is 1. The first-order chi connectivity index (χ1) is 23.2. The molecule has 14 nitrogen and oxygen atoms in total. The van der Waals surface area contributed by atoms with Crippen molar-refractivity contribution in [1.29, 1.82) is 0 Å². The van der Waals surface area contributed by atoms with Crippen LogP contribution in [-0.4, -0.2) is 88.4 Å². The Hall–Kier alpha value is -4.77. The second-order valence-corrected chi connectivity index (χ2v) is 12.4. The van der Waals surface area contributed by atoms with Crippen molar-refractivity contribution in [3.8, 4) is 0 Å². The molecule has 2 aliphatic rings. The van der Waals surface area contributed by atoms with Crippen LogP contribution in [-0.2, 0) is 41.8 Å². The van der Waals surface area contributed by atoms with Gasteiger partial charge in [-0.15, -0.1) is 23.1 Å². The van der Waals surface area contributed by atoms with E-state index in [2.05, 4.69) is 79.5 Å². The summed E-state index contributed by atoms with van der Waals surface area (Å²) in [6.45, 7) is 4.83. The molecular weight excluding hydrogens is 659 g/mol. The standard InChI is InChI=1S/C16H17N5O7S2.C16H20N2/c1-6(22)28-3-7-4-29-14-10(13(24)21(14)11(7)15(25)26)19-12(23)9(20-27-2)8-5-30-16(17)18-8;1-3-7-15(8-4-1)13-17-11-12-18-14-16-9-5-2-6-10-16/h5,10,14H,3-4H2,1-2H3,(H2,17,18)(H,19,23)(H,25,26);1-10,17-18H,11-14H2/b20-9+;/t10-,14-;/m1./s1. The summed E-state index contributed by atoms with van der Waals surface area (Å²) in [6.07, 6.45) is 0. The molecule has 3 aromatic rings. The first-order valence-corrected chi connectivity index (χ1v) is 16.8. The van der Waals surface area contributed by atoms with E-state index >= 15 is 0 Å². The lowest BCUT2D eigenvalue weighted by molar-refractivity contribution is -0.150. The number of nitrogens with one attached hydrogen (secondary N) is 3. The van der Waals surface area contributed by atoms with Gasteiger partial charge in [0.15, 0.2) is 10.8 Å². The zero-order chi connectivity index (χ0) is 34.5. The number of nitrogens with two attached hydrogens (primary N) is 1. The van der Waals surface area contributed by atoms with Crippen LogP contribution in [0.3, 0.4) is 0 Å². The normalized spacial score (nSPS) is 17.0. The number of benzene rings is 2. The molecule has 0 bridgehead atoms. The first-order valence-electron chi connectivity index (χ1n) is 14.9. The van der Waals surface area contributed by atoms with Gasteiger partial charge in [-0.3, -0.25) is 19.3 Å². The predicted octanol–water partition coefficient (Wildman–Crippen LogP) is 1.94. The molecule has 48 heavy (non-hydrogen) atoms. The van der Waals surface area contributed by atoms with Crippen LogP contribution < -0.4 is 21.7 Å². The minimum atomic E-state index is -1.32. The molecular formula is C32H37N7O7S2. The average Bonchev–Trinajstić information content (AvgIpc) is 3.52. The number of nitrogens with zero attached hydrogens (tertiary/aromatic N) is 3. The minimum Gasteiger partial charge on any atom is -0.477 e. The molecule has 0 aliphatic carbocycles. The summed E-state index contributed by atoms with van der Waals surface area (Å²) < 4.78 is 4.88. The maximum absolute atomic E-state index is 12.7. The first kappa shape index (κ1) is 36.1. The minimum absolute atomic E-state index is 0.165. The second kappa shape index (κ2) is 18.0. The Balaban J connectivity index is 0.000000246. The van der Waals surface area contributed by atoms with E-state index in [1.54, 1.807) is 0 Å². The number of nitrogen functional groups attached to an aromatic ring is 1. The van der Waals surface area contributed by atoms with Gasteiger partial charge in [0.25, 0.3) is 11.8 Å². The van der Waals surface area contributed by atoms with Crippen LogP contribution in [0.25, 0.3) is 0 Å². The molecule has 1 aromatic heterocycles. The Labute approximate surface area is 285 Å². The molecule has 254 valence electrons. The molecule has 2 aromatic carbocycles. The molecule has 1 saturated heterocycles. The summed E-state index contributed by atoms with van der Waals surface area (Å²) in [5.74, 6) is -2.98. The average molecular weight is 696 g/mol. The smallest absolute Gasteiger partial charge is 0.352 e. The van der Waals surface area contributed by atoms with Crippen LogP contribution in [0.1, 0.15) is 23.7 Å². The fraction of sp³-hybridized carbons (Fsp3) is 0.312. The van der Waals surface area contributed by atoms with E-state index < -0.39 is 35.2 Å². The van der Waals surface area contributed by atoms with E-state index in [4.69, 9.17) is 10.5 Å². The third-order valence-corrected chi connectivity index (χ3v) is 8.98. The highest BCUT2D eigenvalue weighted by Gasteiger charge is 2.54. The summed E-state index contributed by atoms with van der Waals surface area (Å²) in [5, 5.41) is 23.7. The SMILES string of the molecule is CO/N=C(/C(=O)N[C@@H]1C(=O)N2C(C(=O)O)=C(COC(C)=O)CS[C@H]12)c1csc(N)n1.c1ccc(CNCCNCc2ccccc2)cc1. The van der Waals surface area contributed by atoms with Gasteiger partial charge in [0.2, 0.25) is 0 Å². The number of thioether (sulfide) groups is 1. The zero-order valence-electron chi connectivity index (χ0n) is 26.4. The Morgan fingerprint density at radius 3 is 2.15 bits per heavy atom. The third kappa shape index (κ3) is 9.87. The van der Waals surface area contributed by atoms with Crippen LogP contribution in [0.2, 0.25) is 0 Å². The van der Waals surface area contributed by atoms with E-state index in [1.165, 1.54) is 42.3 Å². The highest BCUT2D eigenvalue weighted by atomic mass is 32.2. The second-order valence-electron chi connectivity index (χ2n) is 10.4. The number of hydrogen-bond donors (Lipinski definition) is 5. The van der Waals surface area contributed by atoms with E-state index in [0.29, 0.717) is 5.57 Å². The molecule has 0 saturated carbocycles. The Morgan fingerprint density at radius 1 is 1.04 bits per heavy atom. The molecule has 2 aliphatic heterocycles. The third-order valence-electron chi connectivity index (χ3n) is 6.97. The molecule has 0 radical (unpaired) electrons. The van der Waals surface area contributed by atoms with Gasteiger partial charge in [-0.2, -0.15) is 0 Å². The highest BCUT2D eigenvalue weighted by molar-refractivity contribution is 8.00. The number of oxime groups is 1. The van der Waals surface area contributed by atoms with Crippen molar-refractivity contribution in [2.75, 3.05) is 38.3 Å². The number of hydrogen-bond acceptors (Lipinski definition) is 13. The van der Waals surface area contributed by atoms with Crippen molar-refractivity contribution in [3.63, 3.8) is 0 Å². The number of ether oxygens (including phenoxy) is 1. The van der Waals surface area contributed by atoms with Crippen LogP contribution in [0.15, 0.2) is 82.5 Å². The summed E-state index contributed by atoms with van der Waals surface area (Å²) in [6, 6.07) is 20.0. The molecule has 3 heterocycles. The topological polar surface area (TPSA) is 198 Å². The van der Waals surface area contributed by atoms with Crippen molar-refractivity contribution < 1.29 is 33.9 Å². The maximum atomic E-state index is 12.7. The van der Waals surface area contributed by atoms with Crippen molar-refractivity contribution >= 4 is 57.7 Å². The van der Waals surface area contributed by atoms with Crippen molar-refractivity contribution in [2.24, 2.45) is 5.16 Å². The molecule has 0 spiro atoms.